The molecule has 20 heavy (non-hydrogen) atoms. The molecule has 1 aromatic carbocycles. The van der Waals surface area contributed by atoms with Gasteiger partial charge in [-0.1, -0.05) is 0 Å². The van der Waals surface area contributed by atoms with Crippen molar-refractivity contribution >= 4 is 31.3 Å². The van der Waals surface area contributed by atoms with E-state index in [0.717, 1.165) is 18.2 Å². The number of hydrogen-bond donors (Lipinski definition) is 1. The molecule has 0 heterocycles. The van der Waals surface area contributed by atoms with E-state index in [1.54, 1.807) is 5.32 Å². The molecule has 4 nitrogen and oxygen atoms in total. The lowest BCUT2D eigenvalue weighted by Gasteiger charge is -2.15. The number of anilines is 1. The summed E-state index contributed by atoms with van der Waals surface area (Å²) in [7, 11) is 1.07. The van der Waals surface area contributed by atoms with Crippen molar-refractivity contribution in [2.24, 2.45) is 0 Å². The molecular formula is C10H8ClF4NO3S. The van der Waals surface area contributed by atoms with Crippen molar-refractivity contribution in [3.05, 3.63) is 23.8 Å². The number of rotatable bonds is 4. The van der Waals surface area contributed by atoms with E-state index in [-0.39, 0.29) is 16.1 Å². The first-order valence-electron chi connectivity index (χ1n) is 4.99. The van der Waals surface area contributed by atoms with Gasteiger partial charge in [0.2, 0.25) is 0 Å². The van der Waals surface area contributed by atoms with E-state index in [1.807, 2.05) is 0 Å². The molecule has 0 spiro atoms. The number of hydrogen-bond acceptors (Lipinski definition) is 3. The van der Waals surface area contributed by atoms with Gasteiger partial charge in [0.15, 0.2) is 0 Å². The molecule has 0 fully saturated rings. The van der Waals surface area contributed by atoms with Crippen LogP contribution < -0.4 is 5.32 Å². The topological polar surface area (TPSA) is 63.2 Å². The average molecular weight is 334 g/mol. The zero-order chi connectivity index (χ0) is 15.7. The van der Waals surface area contributed by atoms with Gasteiger partial charge in [0.1, 0.15) is 0 Å². The van der Waals surface area contributed by atoms with Gasteiger partial charge in [-0.25, -0.2) is 17.2 Å². The molecular weight excluding hydrogens is 326 g/mol. The second kappa shape index (κ2) is 5.57. The Hall–Kier alpha value is -1.35. The van der Waals surface area contributed by atoms with Crippen LogP contribution in [0.25, 0.3) is 0 Å². The fourth-order valence-electron chi connectivity index (χ4n) is 1.31. The largest absolute Gasteiger partial charge is 0.383 e. The van der Waals surface area contributed by atoms with E-state index in [1.165, 1.54) is 6.92 Å². The summed E-state index contributed by atoms with van der Waals surface area (Å²) in [5.74, 6) is -7.03. The molecule has 1 rings (SSSR count). The van der Waals surface area contributed by atoms with E-state index in [4.69, 9.17) is 10.7 Å². The van der Waals surface area contributed by atoms with Gasteiger partial charge in [0.05, 0.1) is 4.90 Å². The molecule has 1 N–H and O–H groups in total. The third kappa shape index (κ3) is 3.60. The van der Waals surface area contributed by atoms with Crippen LogP contribution in [-0.4, -0.2) is 26.7 Å². The molecule has 0 aliphatic rings. The summed E-state index contributed by atoms with van der Waals surface area (Å²) in [5, 5.41) is 1.58. The molecule has 0 aliphatic carbocycles. The molecule has 0 aliphatic heterocycles. The van der Waals surface area contributed by atoms with Crippen molar-refractivity contribution in [3.63, 3.8) is 0 Å². The van der Waals surface area contributed by atoms with Gasteiger partial charge in [-0.3, -0.25) is 4.79 Å². The minimum Gasteiger partial charge on any atom is -0.321 e. The highest BCUT2D eigenvalue weighted by Gasteiger charge is 2.48. The van der Waals surface area contributed by atoms with Gasteiger partial charge >= 0.3 is 18.3 Å². The Morgan fingerprint density at radius 1 is 1.35 bits per heavy atom. The Bertz CT molecular complexity index is 633. The Morgan fingerprint density at radius 2 is 1.90 bits per heavy atom. The molecule has 1 aromatic rings. The molecule has 10 heteroatoms. The highest BCUT2D eigenvalue weighted by molar-refractivity contribution is 8.13. The van der Waals surface area contributed by atoms with Gasteiger partial charge in [-0.05, 0) is 30.7 Å². The molecule has 0 atom stereocenters. The summed E-state index contributed by atoms with van der Waals surface area (Å²) in [5.41, 5.74) is -0.185. The van der Waals surface area contributed by atoms with Crippen LogP contribution in [0.5, 0.6) is 0 Å². The van der Waals surface area contributed by atoms with E-state index in [2.05, 4.69) is 0 Å². The average Bonchev–Trinajstić information content (AvgIpc) is 2.26. The predicted octanol–water partition coefficient (Wildman–Crippen LogP) is 2.76. The number of nitrogens with one attached hydrogen (secondary N) is 1. The lowest BCUT2D eigenvalue weighted by atomic mass is 10.2. The SMILES string of the molecule is Cc1cc(NC(=O)C(F)(F)C(F)F)ccc1S(=O)(=O)Cl. The lowest BCUT2D eigenvalue weighted by molar-refractivity contribution is -0.163. The summed E-state index contributed by atoms with van der Waals surface area (Å²) in [4.78, 5) is 10.7. The first-order chi connectivity index (χ1) is 8.96. The van der Waals surface area contributed by atoms with Crippen LogP contribution >= 0.6 is 10.7 Å². The first kappa shape index (κ1) is 16.7. The van der Waals surface area contributed by atoms with Gasteiger partial charge in [-0.15, -0.1) is 0 Å². The van der Waals surface area contributed by atoms with E-state index in [9.17, 15) is 30.8 Å². The Morgan fingerprint density at radius 3 is 2.30 bits per heavy atom. The van der Waals surface area contributed by atoms with Crippen LogP contribution in [-0.2, 0) is 13.8 Å². The van der Waals surface area contributed by atoms with Crippen molar-refractivity contribution < 1.29 is 30.8 Å². The zero-order valence-corrected chi connectivity index (χ0v) is 11.4. The van der Waals surface area contributed by atoms with Gasteiger partial charge in [0.25, 0.3) is 9.05 Å². The van der Waals surface area contributed by atoms with Crippen LogP contribution in [0.4, 0.5) is 23.2 Å². The van der Waals surface area contributed by atoms with Crippen molar-refractivity contribution in [2.45, 2.75) is 24.2 Å². The van der Waals surface area contributed by atoms with Crippen molar-refractivity contribution in [1.82, 2.24) is 0 Å². The molecule has 0 saturated carbocycles. The van der Waals surface area contributed by atoms with Crippen LogP contribution in [0.15, 0.2) is 23.1 Å². The molecule has 0 aromatic heterocycles. The molecule has 1 amide bonds. The lowest BCUT2D eigenvalue weighted by Crippen LogP contribution is -2.41. The van der Waals surface area contributed by atoms with Gasteiger partial charge < -0.3 is 5.32 Å². The molecule has 0 bridgehead atoms. The van der Waals surface area contributed by atoms with Crippen molar-refractivity contribution in [2.75, 3.05) is 5.32 Å². The highest BCUT2D eigenvalue weighted by atomic mass is 35.7. The van der Waals surface area contributed by atoms with E-state index in [0.29, 0.717) is 0 Å². The maximum absolute atomic E-state index is 12.7. The second-order valence-electron chi connectivity index (χ2n) is 3.80. The highest BCUT2D eigenvalue weighted by Crippen LogP contribution is 2.26. The fraction of sp³-hybridized carbons (Fsp3) is 0.300. The molecule has 0 radical (unpaired) electrons. The third-order valence-corrected chi connectivity index (χ3v) is 3.75. The van der Waals surface area contributed by atoms with Crippen LogP contribution in [0.1, 0.15) is 5.56 Å². The fourth-order valence-corrected chi connectivity index (χ4v) is 2.51. The quantitative estimate of drug-likeness (QED) is 0.680. The predicted molar refractivity (Wildman–Crippen MR) is 63.8 cm³/mol. The molecule has 0 unspecified atom stereocenters. The second-order valence-corrected chi connectivity index (χ2v) is 6.33. The Balaban J connectivity index is 3.02. The number of alkyl halides is 4. The first-order valence-corrected chi connectivity index (χ1v) is 7.30. The molecule has 0 saturated heterocycles. The van der Waals surface area contributed by atoms with E-state index >= 15 is 0 Å². The maximum atomic E-state index is 12.7. The number of amides is 1. The summed E-state index contributed by atoms with van der Waals surface area (Å²) >= 11 is 0. The monoisotopic (exact) mass is 333 g/mol. The maximum Gasteiger partial charge on any atom is 0.383 e. The summed E-state index contributed by atoms with van der Waals surface area (Å²) in [6.07, 6.45) is -4.15. The van der Waals surface area contributed by atoms with Crippen LogP contribution in [0.3, 0.4) is 0 Å². The standard InChI is InChI=1S/C10H8ClF4NO3S/c1-5-4-6(2-3-7(5)20(11,18)19)16-9(17)10(14,15)8(12)13/h2-4,8H,1H3,(H,16,17). The Labute approximate surface area is 116 Å². The summed E-state index contributed by atoms with van der Waals surface area (Å²) in [6, 6.07) is 2.95. The van der Waals surface area contributed by atoms with Crippen molar-refractivity contribution in [1.29, 1.82) is 0 Å². The minimum atomic E-state index is -4.84. The van der Waals surface area contributed by atoms with Crippen LogP contribution in [0.2, 0.25) is 0 Å². The number of benzene rings is 1. The molecule has 112 valence electrons. The van der Waals surface area contributed by atoms with Crippen molar-refractivity contribution in [3.8, 4) is 0 Å². The minimum absolute atomic E-state index is 0.0677. The summed E-state index contributed by atoms with van der Waals surface area (Å²) in [6.45, 7) is 1.30. The smallest absolute Gasteiger partial charge is 0.321 e. The normalized spacial score (nSPS) is 12.6. The number of aryl methyl sites for hydroxylation is 1. The zero-order valence-electron chi connectivity index (χ0n) is 9.83. The number of carbonyl (C=O) groups excluding carboxylic acids is 1. The summed E-state index contributed by atoms with van der Waals surface area (Å²) < 4.78 is 71.5. The van der Waals surface area contributed by atoms with Crippen LogP contribution in [0, 0.1) is 6.92 Å². The number of carbonyl (C=O) groups is 1. The number of halogens is 5. The van der Waals surface area contributed by atoms with E-state index < -0.39 is 27.3 Å². The van der Waals surface area contributed by atoms with Gasteiger partial charge in [-0.2, -0.15) is 8.78 Å². The third-order valence-electron chi connectivity index (χ3n) is 2.27. The van der Waals surface area contributed by atoms with Gasteiger partial charge in [0, 0.05) is 16.4 Å². The Kier molecular flexibility index (Phi) is 4.65.